The molecule has 0 fully saturated rings. The summed E-state index contributed by atoms with van der Waals surface area (Å²) < 4.78 is 10.8. The zero-order valence-corrected chi connectivity index (χ0v) is 26.1. The number of nitro groups is 1. The van der Waals surface area contributed by atoms with E-state index in [0.29, 0.717) is 5.56 Å². The lowest BCUT2D eigenvalue weighted by molar-refractivity contribution is -0.384. The number of amides is 1. The highest BCUT2D eigenvalue weighted by Gasteiger charge is 2.24. The van der Waals surface area contributed by atoms with Gasteiger partial charge in [-0.25, -0.2) is 9.59 Å². The number of nitro benzene ring substituents is 1. The number of benzene rings is 2. The van der Waals surface area contributed by atoms with Gasteiger partial charge in [0.05, 0.1) is 11.5 Å². The highest BCUT2D eigenvalue weighted by atomic mass is 16.6. The molecule has 0 saturated heterocycles. The van der Waals surface area contributed by atoms with Crippen LogP contribution in [0.25, 0.3) is 0 Å². The molecule has 0 bridgehead atoms. The highest BCUT2D eigenvalue weighted by molar-refractivity contribution is 5.81. The van der Waals surface area contributed by atoms with Crippen LogP contribution in [0.2, 0.25) is 0 Å². The lowest BCUT2D eigenvalue weighted by atomic mass is 10.0. The first-order chi connectivity index (χ1) is 21.0. The Labute approximate surface area is 258 Å². The molecule has 1 amide bonds. The largest absolute Gasteiger partial charge is 0.464 e. The minimum Gasteiger partial charge on any atom is -0.464 e. The van der Waals surface area contributed by atoms with Crippen LogP contribution in [0.15, 0.2) is 54.6 Å². The van der Waals surface area contributed by atoms with Crippen LogP contribution >= 0.6 is 0 Å². The van der Waals surface area contributed by atoms with Crippen molar-refractivity contribution in [3.63, 3.8) is 0 Å². The molecule has 1 N–H and O–H groups in total. The normalized spacial score (nSPS) is 11.6. The SMILES string of the molecule is CCCCCCCCCCCCCCCCCCOC(=O)C(Cc1ccc([N+](=O)[O-])cc1)NC(=O)OCc1ccccc1. The average molecular weight is 597 g/mol. The van der Waals surface area contributed by atoms with Gasteiger partial charge >= 0.3 is 12.1 Å². The Balaban J connectivity index is 1.63. The highest BCUT2D eigenvalue weighted by Crippen LogP contribution is 2.16. The van der Waals surface area contributed by atoms with Gasteiger partial charge in [-0.3, -0.25) is 10.1 Å². The predicted molar refractivity (Wildman–Crippen MR) is 171 cm³/mol. The first kappa shape index (κ1) is 35.8. The first-order valence-corrected chi connectivity index (χ1v) is 16.4. The van der Waals surface area contributed by atoms with Gasteiger partial charge in [0.15, 0.2) is 0 Å². The molecule has 0 spiro atoms. The Kier molecular flexibility index (Phi) is 19.2. The fourth-order valence-electron chi connectivity index (χ4n) is 5.01. The number of alkyl carbamates (subject to hydrolysis) is 1. The first-order valence-electron chi connectivity index (χ1n) is 16.4. The Bertz CT molecular complexity index is 1030. The molecule has 0 aromatic heterocycles. The van der Waals surface area contributed by atoms with E-state index in [1.165, 1.54) is 95.6 Å². The maximum Gasteiger partial charge on any atom is 0.408 e. The average Bonchev–Trinajstić information content (AvgIpc) is 3.02. The van der Waals surface area contributed by atoms with E-state index in [-0.39, 0.29) is 25.3 Å². The van der Waals surface area contributed by atoms with E-state index in [1.54, 1.807) is 12.1 Å². The number of esters is 1. The topological polar surface area (TPSA) is 108 Å². The minimum atomic E-state index is -0.967. The van der Waals surface area contributed by atoms with Crippen LogP contribution < -0.4 is 5.32 Å². The number of rotatable bonds is 24. The molecule has 2 aromatic rings. The second-order valence-corrected chi connectivity index (χ2v) is 11.4. The number of non-ortho nitro benzene ring substituents is 1. The molecule has 2 aromatic carbocycles. The van der Waals surface area contributed by atoms with Crippen LogP contribution in [0.5, 0.6) is 0 Å². The van der Waals surface area contributed by atoms with Crippen molar-refractivity contribution in [2.45, 2.75) is 129 Å². The molecule has 238 valence electrons. The molecular weight excluding hydrogens is 544 g/mol. The van der Waals surface area contributed by atoms with Gasteiger partial charge in [0, 0.05) is 18.6 Å². The van der Waals surface area contributed by atoms with Crippen molar-refractivity contribution >= 4 is 17.7 Å². The van der Waals surface area contributed by atoms with Gasteiger partial charge in [-0.15, -0.1) is 0 Å². The molecule has 8 heteroatoms. The smallest absolute Gasteiger partial charge is 0.408 e. The maximum atomic E-state index is 12.9. The standard InChI is InChI=1S/C35H52N2O6/c1-2-3-4-5-6-7-8-9-10-11-12-13-14-15-16-20-27-42-34(38)33(28-30-23-25-32(26-24-30)37(40)41)36-35(39)43-29-31-21-18-17-19-22-31/h17-19,21-26,33H,2-16,20,27-29H2,1H3,(H,36,39). The quantitative estimate of drug-likeness (QED) is 0.0560. The summed E-state index contributed by atoms with van der Waals surface area (Å²) in [7, 11) is 0. The van der Waals surface area contributed by atoms with Crippen LogP contribution in [-0.2, 0) is 27.3 Å². The fraction of sp³-hybridized carbons (Fsp3) is 0.600. The summed E-state index contributed by atoms with van der Waals surface area (Å²) in [5.41, 5.74) is 1.45. The molecule has 2 rings (SSSR count). The van der Waals surface area contributed by atoms with Crippen molar-refractivity contribution in [3.05, 3.63) is 75.8 Å². The van der Waals surface area contributed by atoms with Gasteiger partial charge in [-0.1, -0.05) is 146 Å². The van der Waals surface area contributed by atoms with E-state index in [4.69, 9.17) is 9.47 Å². The Morgan fingerprint density at radius 1 is 0.698 bits per heavy atom. The molecule has 0 heterocycles. The molecule has 1 unspecified atom stereocenters. The molecule has 0 saturated carbocycles. The van der Waals surface area contributed by atoms with E-state index in [2.05, 4.69) is 12.2 Å². The van der Waals surface area contributed by atoms with Crippen molar-refractivity contribution in [3.8, 4) is 0 Å². The monoisotopic (exact) mass is 596 g/mol. The summed E-state index contributed by atoms with van der Waals surface area (Å²) in [4.78, 5) is 35.8. The molecule has 0 radical (unpaired) electrons. The lowest BCUT2D eigenvalue weighted by Gasteiger charge is -2.18. The molecule has 0 aliphatic heterocycles. The van der Waals surface area contributed by atoms with Gasteiger partial charge in [0.25, 0.3) is 5.69 Å². The molecule has 1 atom stereocenters. The maximum absolute atomic E-state index is 12.9. The fourth-order valence-corrected chi connectivity index (χ4v) is 5.01. The Morgan fingerprint density at radius 3 is 1.72 bits per heavy atom. The summed E-state index contributed by atoms with van der Waals surface area (Å²) in [6.07, 6.45) is 19.7. The summed E-state index contributed by atoms with van der Waals surface area (Å²) in [5.74, 6) is -0.545. The number of nitrogens with zero attached hydrogens (tertiary/aromatic N) is 1. The minimum absolute atomic E-state index is 0.0402. The second kappa shape index (κ2) is 23.1. The number of unbranched alkanes of at least 4 members (excludes halogenated alkanes) is 15. The van der Waals surface area contributed by atoms with Crippen molar-refractivity contribution in [2.75, 3.05) is 6.61 Å². The van der Waals surface area contributed by atoms with Gasteiger partial charge in [-0.2, -0.15) is 0 Å². The van der Waals surface area contributed by atoms with E-state index >= 15 is 0 Å². The third-order valence-corrected chi connectivity index (χ3v) is 7.62. The number of carbonyl (C=O) groups excluding carboxylic acids is 2. The van der Waals surface area contributed by atoms with Gasteiger partial charge < -0.3 is 14.8 Å². The third kappa shape index (κ3) is 17.3. The van der Waals surface area contributed by atoms with Crippen LogP contribution in [0.1, 0.15) is 121 Å². The lowest BCUT2D eigenvalue weighted by Crippen LogP contribution is -2.43. The number of ether oxygens (including phenoxy) is 2. The van der Waals surface area contributed by atoms with E-state index in [0.717, 1.165) is 24.8 Å². The van der Waals surface area contributed by atoms with E-state index < -0.39 is 23.0 Å². The summed E-state index contributed by atoms with van der Waals surface area (Å²) in [6, 6.07) is 14.2. The van der Waals surface area contributed by atoms with Crippen LogP contribution in [0.3, 0.4) is 0 Å². The summed E-state index contributed by atoms with van der Waals surface area (Å²) in [5, 5.41) is 13.6. The number of hydrogen-bond acceptors (Lipinski definition) is 6. The van der Waals surface area contributed by atoms with Crippen molar-refractivity contribution in [1.29, 1.82) is 0 Å². The zero-order chi connectivity index (χ0) is 31.0. The van der Waals surface area contributed by atoms with Crippen molar-refractivity contribution in [1.82, 2.24) is 5.32 Å². The number of carbonyl (C=O) groups is 2. The van der Waals surface area contributed by atoms with Crippen LogP contribution in [0.4, 0.5) is 10.5 Å². The zero-order valence-electron chi connectivity index (χ0n) is 26.1. The van der Waals surface area contributed by atoms with Crippen molar-refractivity contribution < 1.29 is 24.0 Å². The summed E-state index contributed by atoms with van der Waals surface area (Å²) in [6.45, 7) is 2.62. The molecule has 0 aliphatic rings. The van der Waals surface area contributed by atoms with E-state index in [9.17, 15) is 19.7 Å². The molecular formula is C35H52N2O6. The van der Waals surface area contributed by atoms with Crippen LogP contribution in [0, 0.1) is 10.1 Å². The Morgan fingerprint density at radius 2 is 1.21 bits per heavy atom. The second-order valence-electron chi connectivity index (χ2n) is 11.4. The van der Waals surface area contributed by atoms with Gasteiger partial charge in [0.2, 0.25) is 0 Å². The van der Waals surface area contributed by atoms with Crippen molar-refractivity contribution in [2.24, 2.45) is 0 Å². The third-order valence-electron chi connectivity index (χ3n) is 7.62. The Hall–Kier alpha value is -3.42. The molecule has 43 heavy (non-hydrogen) atoms. The van der Waals surface area contributed by atoms with Gasteiger partial charge in [0.1, 0.15) is 12.6 Å². The molecule has 8 nitrogen and oxygen atoms in total. The van der Waals surface area contributed by atoms with E-state index in [1.807, 2.05) is 30.3 Å². The predicted octanol–water partition coefficient (Wildman–Crippen LogP) is 9.24. The number of hydrogen-bond donors (Lipinski definition) is 1. The summed E-state index contributed by atoms with van der Waals surface area (Å²) >= 11 is 0. The molecule has 0 aliphatic carbocycles. The number of nitrogens with one attached hydrogen (secondary N) is 1. The van der Waals surface area contributed by atoms with Crippen LogP contribution in [-0.4, -0.2) is 29.6 Å². The van der Waals surface area contributed by atoms with Gasteiger partial charge in [-0.05, 0) is 17.5 Å².